The Hall–Kier alpha value is -2.20. The van der Waals surface area contributed by atoms with Gasteiger partial charge in [-0.05, 0) is 13.8 Å². The van der Waals surface area contributed by atoms with Crippen molar-refractivity contribution in [3.05, 3.63) is 0 Å². The van der Waals surface area contributed by atoms with Crippen molar-refractivity contribution >= 4 is 23.6 Å². The summed E-state index contributed by atoms with van der Waals surface area (Å²) in [5.74, 6) is -2.44. The van der Waals surface area contributed by atoms with Crippen LogP contribution in [0.4, 0.5) is 0 Å². The zero-order chi connectivity index (χ0) is 16.5. The molecular formula is C11H20N6O4. The smallest absolute Gasteiger partial charge is 0.231 e. The third-order valence-corrected chi connectivity index (χ3v) is 2.12. The maximum absolute atomic E-state index is 11.6. The van der Waals surface area contributed by atoms with Crippen molar-refractivity contribution in [3.63, 3.8) is 0 Å². The van der Waals surface area contributed by atoms with Gasteiger partial charge in [-0.25, -0.2) is 11.5 Å². The average Bonchev–Trinajstić information content (AvgIpc) is 2.26. The number of carbonyl (C=O) groups excluding carboxylic acids is 4. The summed E-state index contributed by atoms with van der Waals surface area (Å²) in [6.07, 6.45) is -0.922. The van der Waals surface area contributed by atoms with Gasteiger partial charge in [-0.1, -0.05) is 0 Å². The molecule has 0 heterocycles. The highest BCUT2D eigenvalue weighted by atomic mass is 16.2. The van der Waals surface area contributed by atoms with Crippen LogP contribution in [0.25, 0.3) is 0 Å². The van der Waals surface area contributed by atoms with Gasteiger partial charge in [0.1, 0.15) is 18.5 Å². The molecule has 0 spiro atoms. The largest absolute Gasteiger partial charge is 0.342 e. The molecule has 0 bridgehead atoms. The summed E-state index contributed by atoms with van der Waals surface area (Å²) in [6.45, 7) is 2.34. The first kappa shape index (κ1) is 18.8. The van der Waals surface area contributed by atoms with Gasteiger partial charge in [-0.15, -0.1) is 0 Å². The lowest BCUT2D eigenvalue weighted by Crippen LogP contribution is -2.57. The van der Waals surface area contributed by atoms with Gasteiger partial charge in [0.15, 0.2) is 0 Å². The first-order chi connectivity index (χ1) is 9.70. The van der Waals surface area contributed by atoms with Gasteiger partial charge in [0.05, 0.1) is 13.3 Å². The molecule has 0 aromatic heterocycles. The van der Waals surface area contributed by atoms with Crippen LogP contribution in [0.15, 0.2) is 0 Å². The second kappa shape index (κ2) is 8.87. The molecule has 0 aliphatic rings. The Morgan fingerprint density at radius 2 is 1.10 bits per heavy atom. The summed E-state index contributed by atoms with van der Waals surface area (Å²) in [6, 6.07) is 0. The molecule has 2 radical (unpaired) electrons. The topological polar surface area (TPSA) is 164 Å². The monoisotopic (exact) mass is 300 g/mol. The number of carbonyl (C=O) groups is 4. The maximum atomic E-state index is 11.6. The molecule has 0 fully saturated rings. The SMILES string of the molecule is CC(C)(NC(=O)CC(=O)NC[NH])NC(=O)CC(=O)NC[NH]. The minimum Gasteiger partial charge on any atom is -0.342 e. The lowest BCUT2D eigenvalue weighted by atomic mass is 10.2. The molecule has 4 amide bonds. The predicted molar refractivity (Wildman–Crippen MR) is 71.8 cm³/mol. The van der Waals surface area contributed by atoms with Crippen molar-refractivity contribution in [2.24, 2.45) is 0 Å². The fourth-order valence-electron chi connectivity index (χ4n) is 1.43. The lowest BCUT2D eigenvalue weighted by molar-refractivity contribution is -0.131. The van der Waals surface area contributed by atoms with E-state index >= 15 is 0 Å². The van der Waals surface area contributed by atoms with Crippen molar-refractivity contribution in [2.75, 3.05) is 13.3 Å². The van der Waals surface area contributed by atoms with E-state index in [9.17, 15) is 19.2 Å². The standard InChI is InChI=1S/C11H20N6O4/c1-11(2,16-9(20)3-7(18)14-5-12)17-10(21)4-8(19)15-6-13/h12-13H,3-6H2,1-2H3,(H,14,18)(H,15,19)(H,16,20)(H,17,21). The third-order valence-electron chi connectivity index (χ3n) is 2.12. The Kier molecular flexibility index (Phi) is 7.94. The summed E-state index contributed by atoms with van der Waals surface area (Å²) >= 11 is 0. The van der Waals surface area contributed by atoms with Crippen LogP contribution >= 0.6 is 0 Å². The van der Waals surface area contributed by atoms with E-state index in [0.717, 1.165) is 0 Å². The molecule has 0 aliphatic carbocycles. The quantitative estimate of drug-likeness (QED) is 0.286. The number of hydrogen-bond donors (Lipinski definition) is 4. The number of hydrogen-bond acceptors (Lipinski definition) is 4. The number of amides is 4. The number of rotatable bonds is 8. The fourth-order valence-corrected chi connectivity index (χ4v) is 1.43. The second-order valence-electron chi connectivity index (χ2n) is 4.63. The Labute approximate surface area is 122 Å². The van der Waals surface area contributed by atoms with E-state index in [1.807, 2.05) is 0 Å². The van der Waals surface area contributed by atoms with Crippen LogP contribution in [0.1, 0.15) is 26.7 Å². The molecule has 0 aromatic carbocycles. The minimum atomic E-state index is -1.14. The molecule has 21 heavy (non-hydrogen) atoms. The van der Waals surface area contributed by atoms with Crippen LogP contribution < -0.4 is 32.7 Å². The molecule has 0 atom stereocenters. The van der Waals surface area contributed by atoms with E-state index in [-0.39, 0.29) is 13.3 Å². The molecule has 6 N–H and O–H groups in total. The van der Waals surface area contributed by atoms with E-state index in [0.29, 0.717) is 0 Å². The van der Waals surface area contributed by atoms with Crippen LogP contribution in [-0.2, 0) is 19.2 Å². The average molecular weight is 300 g/mol. The van der Waals surface area contributed by atoms with E-state index in [1.54, 1.807) is 0 Å². The zero-order valence-electron chi connectivity index (χ0n) is 12.0. The van der Waals surface area contributed by atoms with E-state index in [1.165, 1.54) is 13.8 Å². The third kappa shape index (κ3) is 9.35. The molecule has 0 rings (SSSR count). The molecule has 0 aliphatic heterocycles. The fraction of sp³-hybridized carbons (Fsp3) is 0.636. The Morgan fingerprint density at radius 1 is 0.762 bits per heavy atom. The lowest BCUT2D eigenvalue weighted by Gasteiger charge is -2.27. The first-order valence-electron chi connectivity index (χ1n) is 6.14. The van der Waals surface area contributed by atoms with Crippen molar-refractivity contribution < 1.29 is 19.2 Å². The Balaban J connectivity index is 4.29. The van der Waals surface area contributed by atoms with Crippen molar-refractivity contribution in [2.45, 2.75) is 32.4 Å². The Bertz CT molecular complexity index is 374. The van der Waals surface area contributed by atoms with Crippen molar-refractivity contribution in [1.82, 2.24) is 32.7 Å². The van der Waals surface area contributed by atoms with Crippen molar-refractivity contribution in [1.29, 1.82) is 0 Å². The Morgan fingerprint density at radius 3 is 1.38 bits per heavy atom. The van der Waals surface area contributed by atoms with Crippen molar-refractivity contribution in [3.8, 4) is 0 Å². The van der Waals surface area contributed by atoms with Crippen LogP contribution in [0, 0.1) is 0 Å². The summed E-state index contributed by atoms with van der Waals surface area (Å²) in [5.41, 5.74) is 12.4. The highest BCUT2D eigenvalue weighted by Gasteiger charge is 2.24. The highest BCUT2D eigenvalue weighted by molar-refractivity contribution is 5.98. The first-order valence-corrected chi connectivity index (χ1v) is 6.14. The van der Waals surface area contributed by atoms with Gasteiger partial charge in [-0.3, -0.25) is 19.2 Å². The van der Waals surface area contributed by atoms with Gasteiger partial charge < -0.3 is 21.3 Å². The predicted octanol–water partition coefficient (Wildman–Crippen LogP) is -2.55. The molecule has 0 saturated heterocycles. The van der Waals surface area contributed by atoms with Gasteiger partial charge in [0.25, 0.3) is 0 Å². The molecule has 10 nitrogen and oxygen atoms in total. The van der Waals surface area contributed by atoms with Crippen LogP contribution in [0.5, 0.6) is 0 Å². The summed E-state index contributed by atoms with van der Waals surface area (Å²) in [4.78, 5) is 45.4. The van der Waals surface area contributed by atoms with Gasteiger partial charge >= 0.3 is 0 Å². The molecule has 10 heteroatoms. The normalized spacial score (nSPS) is 10.5. The summed E-state index contributed by atoms with van der Waals surface area (Å²) in [7, 11) is 0. The molecule has 118 valence electrons. The summed E-state index contributed by atoms with van der Waals surface area (Å²) in [5, 5.41) is 9.14. The van der Waals surface area contributed by atoms with Crippen LogP contribution in [0.3, 0.4) is 0 Å². The molecule has 0 aromatic rings. The van der Waals surface area contributed by atoms with Gasteiger partial charge in [-0.2, -0.15) is 0 Å². The zero-order valence-corrected chi connectivity index (χ0v) is 12.0. The second-order valence-corrected chi connectivity index (χ2v) is 4.63. The minimum absolute atomic E-state index is 0.322. The van der Waals surface area contributed by atoms with E-state index in [4.69, 9.17) is 11.5 Å². The molecule has 0 saturated carbocycles. The number of nitrogens with one attached hydrogen (secondary N) is 6. The maximum Gasteiger partial charge on any atom is 0.231 e. The van der Waals surface area contributed by atoms with Gasteiger partial charge in [0, 0.05) is 0 Å². The van der Waals surface area contributed by atoms with E-state index < -0.39 is 42.1 Å². The van der Waals surface area contributed by atoms with Crippen LogP contribution in [0.2, 0.25) is 0 Å². The van der Waals surface area contributed by atoms with Crippen LogP contribution in [-0.4, -0.2) is 42.6 Å². The van der Waals surface area contributed by atoms with Gasteiger partial charge in [0.2, 0.25) is 23.6 Å². The van der Waals surface area contributed by atoms with E-state index in [2.05, 4.69) is 21.3 Å². The summed E-state index contributed by atoms with van der Waals surface area (Å²) < 4.78 is 0. The highest BCUT2D eigenvalue weighted by Crippen LogP contribution is 1.99. The molecule has 0 unspecified atom stereocenters. The molecular weight excluding hydrogens is 280 g/mol.